The summed E-state index contributed by atoms with van der Waals surface area (Å²) in [5.74, 6) is 2.17. The summed E-state index contributed by atoms with van der Waals surface area (Å²) >= 11 is 0. The minimum Gasteiger partial charge on any atom is -0.493 e. The van der Waals surface area contributed by atoms with E-state index in [1.807, 2.05) is 32.9 Å². The fourth-order valence-electron chi connectivity index (χ4n) is 3.04. The molecule has 1 amide bonds. The van der Waals surface area contributed by atoms with E-state index in [0.717, 1.165) is 28.2 Å². The van der Waals surface area contributed by atoms with Crippen molar-refractivity contribution in [3.05, 3.63) is 35.0 Å². The maximum absolute atomic E-state index is 12.0. The zero-order valence-electron chi connectivity index (χ0n) is 13.6. The number of benzene rings is 1. The quantitative estimate of drug-likeness (QED) is 0.889. The number of nitrogens with zero attached hydrogens (tertiary/aromatic N) is 1. The zero-order chi connectivity index (χ0) is 16.4. The molecule has 1 aromatic heterocycles. The van der Waals surface area contributed by atoms with Crippen molar-refractivity contribution in [1.82, 2.24) is 10.2 Å². The highest BCUT2D eigenvalue weighted by atomic mass is 16.5. The van der Waals surface area contributed by atoms with Crippen LogP contribution in [0.5, 0.6) is 11.5 Å². The smallest absolute Gasteiger partial charge is 0.226 e. The van der Waals surface area contributed by atoms with Gasteiger partial charge in [0.2, 0.25) is 5.91 Å². The molecule has 0 radical (unpaired) electrons. The molecule has 2 N–H and O–H groups in total. The fraction of sp³-hybridized carbons (Fsp3) is 0.412. The summed E-state index contributed by atoms with van der Waals surface area (Å²) in [5, 5.41) is 9.71. The molecule has 0 bridgehead atoms. The maximum atomic E-state index is 12.0. The van der Waals surface area contributed by atoms with Crippen molar-refractivity contribution in [3.8, 4) is 11.5 Å². The molecular weight excluding hydrogens is 294 g/mol. The van der Waals surface area contributed by atoms with Gasteiger partial charge in [-0.25, -0.2) is 0 Å². The summed E-state index contributed by atoms with van der Waals surface area (Å²) in [5.41, 5.74) is 2.93. The normalized spacial score (nSPS) is 16.7. The SMILES string of the molecule is CCOc1ccc([C@H]2CC(=O)Nc3[nH]ncc32)c(OCC)c1C. The molecule has 6 nitrogen and oxygen atoms in total. The molecule has 2 aromatic rings. The molecule has 0 aliphatic carbocycles. The summed E-state index contributed by atoms with van der Waals surface area (Å²) in [6.45, 7) is 7.05. The number of ether oxygens (including phenoxy) is 2. The second kappa shape index (κ2) is 6.32. The Labute approximate surface area is 135 Å². The molecule has 0 fully saturated rings. The molecule has 3 rings (SSSR count). The number of rotatable bonds is 5. The number of aromatic nitrogens is 2. The van der Waals surface area contributed by atoms with Crippen molar-refractivity contribution in [2.45, 2.75) is 33.1 Å². The highest BCUT2D eigenvalue weighted by molar-refractivity contribution is 5.94. The average Bonchev–Trinajstić information content (AvgIpc) is 2.99. The van der Waals surface area contributed by atoms with Gasteiger partial charge >= 0.3 is 0 Å². The molecule has 1 aliphatic rings. The Morgan fingerprint density at radius 2 is 2.00 bits per heavy atom. The first-order valence-corrected chi connectivity index (χ1v) is 7.87. The second-order valence-corrected chi connectivity index (χ2v) is 5.48. The highest BCUT2D eigenvalue weighted by Gasteiger charge is 2.31. The number of aromatic amines is 1. The Balaban J connectivity index is 2.09. The molecular formula is C17H21N3O3. The van der Waals surface area contributed by atoms with E-state index in [1.54, 1.807) is 6.20 Å². The van der Waals surface area contributed by atoms with Gasteiger partial charge in [0.15, 0.2) is 0 Å². The molecule has 1 aliphatic heterocycles. The summed E-state index contributed by atoms with van der Waals surface area (Å²) < 4.78 is 11.6. The molecule has 2 heterocycles. The van der Waals surface area contributed by atoms with Gasteiger partial charge in [-0.3, -0.25) is 9.89 Å². The van der Waals surface area contributed by atoms with Crippen LogP contribution in [0.4, 0.5) is 5.82 Å². The Kier molecular flexibility index (Phi) is 4.23. The molecule has 1 atom stereocenters. The number of H-pyrrole nitrogens is 1. The number of amides is 1. The number of hydrogen-bond donors (Lipinski definition) is 2. The Morgan fingerprint density at radius 3 is 2.74 bits per heavy atom. The van der Waals surface area contributed by atoms with Gasteiger partial charge < -0.3 is 14.8 Å². The van der Waals surface area contributed by atoms with Crippen LogP contribution in [-0.2, 0) is 4.79 Å². The lowest BCUT2D eigenvalue weighted by Crippen LogP contribution is -2.23. The highest BCUT2D eigenvalue weighted by Crippen LogP contribution is 2.43. The molecule has 0 spiro atoms. The number of hydrogen-bond acceptors (Lipinski definition) is 4. The van der Waals surface area contributed by atoms with Crippen LogP contribution in [0.25, 0.3) is 0 Å². The van der Waals surface area contributed by atoms with Crippen LogP contribution >= 0.6 is 0 Å². The van der Waals surface area contributed by atoms with Crippen LogP contribution in [-0.4, -0.2) is 29.3 Å². The van der Waals surface area contributed by atoms with Gasteiger partial charge in [-0.05, 0) is 26.8 Å². The third-order valence-electron chi connectivity index (χ3n) is 4.05. The van der Waals surface area contributed by atoms with Crippen molar-refractivity contribution in [2.24, 2.45) is 0 Å². The van der Waals surface area contributed by atoms with Gasteiger partial charge in [0.1, 0.15) is 17.3 Å². The summed E-state index contributed by atoms with van der Waals surface area (Å²) in [6.07, 6.45) is 2.14. The molecule has 0 saturated carbocycles. The van der Waals surface area contributed by atoms with Crippen LogP contribution in [0, 0.1) is 6.92 Å². The minimum absolute atomic E-state index is 0.0271. The fourth-order valence-corrected chi connectivity index (χ4v) is 3.04. The van der Waals surface area contributed by atoms with Gasteiger partial charge in [0, 0.05) is 29.0 Å². The molecule has 122 valence electrons. The van der Waals surface area contributed by atoms with E-state index in [2.05, 4.69) is 15.5 Å². The second-order valence-electron chi connectivity index (χ2n) is 5.48. The predicted molar refractivity (Wildman–Crippen MR) is 87.2 cm³/mol. The maximum Gasteiger partial charge on any atom is 0.226 e. The first kappa shape index (κ1) is 15.4. The largest absolute Gasteiger partial charge is 0.493 e. The lowest BCUT2D eigenvalue weighted by molar-refractivity contribution is -0.116. The Bertz CT molecular complexity index is 724. The van der Waals surface area contributed by atoms with E-state index in [-0.39, 0.29) is 11.8 Å². The zero-order valence-corrected chi connectivity index (χ0v) is 13.6. The third-order valence-corrected chi connectivity index (χ3v) is 4.05. The van der Waals surface area contributed by atoms with Gasteiger partial charge in [-0.2, -0.15) is 5.10 Å². The summed E-state index contributed by atoms with van der Waals surface area (Å²) in [4.78, 5) is 12.0. The van der Waals surface area contributed by atoms with Crippen LogP contribution in [0.3, 0.4) is 0 Å². The molecule has 23 heavy (non-hydrogen) atoms. The van der Waals surface area contributed by atoms with E-state index in [0.29, 0.717) is 25.5 Å². The van der Waals surface area contributed by atoms with Crippen molar-refractivity contribution in [1.29, 1.82) is 0 Å². The van der Waals surface area contributed by atoms with Crippen LogP contribution in [0.1, 0.15) is 42.9 Å². The Hall–Kier alpha value is -2.50. The van der Waals surface area contributed by atoms with E-state index >= 15 is 0 Å². The lowest BCUT2D eigenvalue weighted by Gasteiger charge is -2.25. The van der Waals surface area contributed by atoms with Crippen molar-refractivity contribution >= 4 is 11.7 Å². The van der Waals surface area contributed by atoms with Gasteiger partial charge in [0.25, 0.3) is 0 Å². The van der Waals surface area contributed by atoms with Crippen molar-refractivity contribution in [3.63, 3.8) is 0 Å². The first-order valence-electron chi connectivity index (χ1n) is 7.87. The number of fused-ring (bicyclic) bond motifs is 1. The Morgan fingerprint density at radius 1 is 1.22 bits per heavy atom. The number of nitrogens with one attached hydrogen (secondary N) is 2. The van der Waals surface area contributed by atoms with E-state index < -0.39 is 0 Å². The minimum atomic E-state index is -0.0755. The number of carbonyl (C=O) groups excluding carboxylic acids is 1. The summed E-state index contributed by atoms with van der Waals surface area (Å²) in [6, 6.07) is 3.94. The number of carbonyl (C=O) groups is 1. The topological polar surface area (TPSA) is 76.2 Å². The molecule has 0 saturated heterocycles. The lowest BCUT2D eigenvalue weighted by atomic mass is 9.86. The average molecular weight is 315 g/mol. The van der Waals surface area contributed by atoms with Gasteiger partial charge in [0.05, 0.1) is 19.4 Å². The third kappa shape index (κ3) is 2.76. The monoisotopic (exact) mass is 315 g/mol. The van der Waals surface area contributed by atoms with E-state index in [9.17, 15) is 4.79 Å². The molecule has 0 unspecified atom stereocenters. The number of anilines is 1. The van der Waals surface area contributed by atoms with Crippen LogP contribution in [0.15, 0.2) is 18.3 Å². The molecule has 6 heteroatoms. The van der Waals surface area contributed by atoms with E-state index in [1.165, 1.54) is 0 Å². The van der Waals surface area contributed by atoms with Crippen molar-refractivity contribution in [2.75, 3.05) is 18.5 Å². The molecule has 1 aromatic carbocycles. The first-order chi connectivity index (χ1) is 11.2. The van der Waals surface area contributed by atoms with E-state index in [4.69, 9.17) is 9.47 Å². The van der Waals surface area contributed by atoms with Gasteiger partial charge in [-0.15, -0.1) is 0 Å². The summed E-state index contributed by atoms with van der Waals surface area (Å²) in [7, 11) is 0. The standard InChI is InChI=1S/C17H21N3O3/c1-4-22-14-7-6-11(16(10(14)3)23-5-2)12-8-15(21)19-17-13(12)9-18-20-17/h6-7,9,12H,4-5,8H2,1-3H3,(H2,18,19,20,21)/t12-/m1/s1. The van der Waals surface area contributed by atoms with Crippen LogP contribution in [0.2, 0.25) is 0 Å². The van der Waals surface area contributed by atoms with Gasteiger partial charge in [-0.1, -0.05) is 6.07 Å². The van der Waals surface area contributed by atoms with Crippen LogP contribution < -0.4 is 14.8 Å². The predicted octanol–water partition coefficient (Wildman–Crippen LogP) is 2.99. The van der Waals surface area contributed by atoms with Crippen molar-refractivity contribution < 1.29 is 14.3 Å².